The lowest BCUT2D eigenvalue weighted by molar-refractivity contribution is -0.138. The first kappa shape index (κ1) is 20.6. The van der Waals surface area contributed by atoms with Crippen molar-refractivity contribution in [1.29, 1.82) is 0 Å². The van der Waals surface area contributed by atoms with Crippen LogP contribution in [0.3, 0.4) is 0 Å². The first-order valence-corrected chi connectivity index (χ1v) is 10.1. The van der Waals surface area contributed by atoms with Crippen LogP contribution < -0.4 is 10.1 Å². The van der Waals surface area contributed by atoms with E-state index in [0.29, 0.717) is 32.1 Å². The smallest absolute Gasteiger partial charge is 0.248 e. The topological polar surface area (TPSA) is 71.1 Å². The van der Waals surface area contributed by atoms with Gasteiger partial charge in [-0.1, -0.05) is 18.9 Å². The molecule has 28 heavy (non-hydrogen) atoms. The highest BCUT2D eigenvalue weighted by Gasteiger charge is 2.37. The lowest BCUT2D eigenvalue weighted by atomic mass is 9.95. The quantitative estimate of drug-likeness (QED) is 0.772. The van der Waals surface area contributed by atoms with Crippen molar-refractivity contribution >= 4 is 17.5 Å². The molecule has 1 saturated carbocycles. The van der Waals surface area contributed by atoms with Crippen LogP contribution in [0.25, 0.3) is 0 Å². The van der Waals surface area contributed by atoms with Crippen molar-refractivity contribution in [3.8, 4) is 5.75 Å². The summed E-state index contributed by atoms with van der Waals surface area (Å²) in [5.41, 5.74) is 0.751. The van der Waals surface area contributed by atoms with E-state index in [2.05, 4.69) is 10.2 Å². The molecule has 7 nitrogen and oxygen atoms in total. The largest absolute Gasteiger partial charge is 0.497 e. The van der Waals surface area contributed by atoms with Crippen molar-refractivity contribution in [3.05, 3.63) is 24.3 Å². The van der Waals surface area contributed by atoms with Gasteiger partial charge in [0.05, 0.1) is 13.2 Å². The zero-order valence-corrected chi connectivity index (χ0v) is 16.9. The number of nitrogens with one attached hydrogen (secondary N) is 1. The molecule has 1 aromatic carbocycles. The van der Waals surface area contributed by atoms with E-state index in [-0.39, 0.29) is 24.5 Å². The van der Waals surface area contributed by atoms with E-state index >= 15 is 0 Å². The molecule has 0 unspecified atom stereocenters. The minimum atomic E-state index is -0.159. The molecule has 2 aliphatic rings. The molecule has 7 heteroatoms. The van der Waals surface area contributed by atoms with Gasteiger partial charge < -0.3 is 19.7 Å². The first-order valence-electron chi connectivity index (χ1n) is 10.1. The maximum Gasteiger partial charge on any atom is 0.248 e. The molecule has 3 rings (SSSR count). The third kappa shape index (κ3) is 5.02. The summed E-state index contributed by atoms with van der Waals surface area (Å²) in [5.74, 6) is 1.14. The van der Waals surface area contributed by atoms with Gasteiger partial charge in [-0.3, -0.25) is 14.5 Å². The molecule has 0 radical (unpaired) electrons. The second-order valence-corrected chi connectivity index (χ2v) is 7.56. The minimum absolute atomic E-state index is 0.0143. The molecule has 0 aromatic heterocycles. The number of amides is 2. The molecule has 2 fully saturated rings. The molecule has 1 N–H and O–H groups in total. The van der Waals surface area contributed by atoms with Crippen molar-refractivity contribution in [2.24, 2.45) is 5.92 Å². The number of methoxy groups -OCH3 is 2. The monoisotopic (exact) mass is 389 g/mol. The van der Waals surface area contributed by atoms with Gasteiger partial charge in [-0.05, 0) is 30.9 Å². The van der Waals surface area contributed by atoms with Crippen LogP contribution in [0, 0.1) is 5.92 Å². The fraction of sp³-hybridized carbons (Fsp3) is 0.619. The number of nitrogens with zero attached hydrogens (tertiary/aromatic N) is 2. The van der Waals surface area contributed by atoms with E-state index in [1.165, 1.54) is 20.0 Å². The fourth-order valence-electron chi connectivity index (χ4n) is 4.33. The molecule has 154 valence electrons. The Hall–Kier alpha value is -2.12. The summed E-state index contributed by atoms with van der Waals surface area (Å²) in [6.07, 6.45) is 4.53. The normalized spacial score (nSPS) is 19.4. The highest BCUT2D eigenvalue weighted by Crippen LogP contribution is 2.32. The van der Waals surface area contributed by atoms with Crippen LogP contribution in [0.5, 0.6) is 5.75 Å². The lowest BCUT2D eigenvalue weighted by Crippen LogP contribution is -2.57. The Labute approximate surface area is 167 Å². The molecule has 1 atom stereocenters. The Morgan fingerprint density at radius 1 is 1.14 bits per heavy atom. The van der Waals surface area contributed by atoms with Gasteiger partial charge in [0.25, 0.3) is 0 Å². The standard InChI is InChI=1S/C21H31N3O4/c1-27-15-19(25)23-10-12-24(13-11-23)20(16-6-3-4-7-16)21(26)22-17-8-5-9-18(14-17)28-2/h5,8-9,14,16,20H,3-4,6-7,10-13,15H2,1-2H3,(H,22,26)/t20-/m1/s1. The van der Waals surface area contributed by atoms with E-state index in [9.17, 15) is 9.59 Å². The summed E-state index contributed by atoms with van der Waals surface area (Å²) >= 11 is 0. The highest BCUT2D eigenvalue weighted by atomic mass is 16.5. The second kappa shape index (κ2) is 9.89. The molecule has 1 heterocycles. The van der Waals surface area contributed by atoms with Gasteiger partial charge in [0.1, 0.15) is 12.4 Å². The predicted octanol–water partition coefficient (Wildman–Crippen LogP) is 1.98. The number of rotatable bonds is 7. The van der Waals surface area contributed by atoms with Gasteiger partial charge in [-0.2, -0.15) is 0 Å². The van der Waals surface area contributed by atoms with Crippen LogP contribution in [0.2, 0.25) is 0 Å². The van der Waals surface area contributed by atoms with Crippen molar-refractivity contribution in [2.75, 3.05) is 52.3 Å². The minimum Gasteiger partial charge on any atom is -0.497 e. The summed E-state index contributed by atoms with van der Waals surface area (Å²) in [5, 5.41) is 3.08. The van der Waals surface area contributed by atoms with E-state index in [1.807, 2.05) is 29.2 Å². The number of ether oxygens (including phenoxy) is 2. The fourth-order valence-corrected chi connectivity index (χ4v) is 4.33. The summed E-state index contributed by atoms with van der Waals surface area (Å²) in [7, 11) is 3.15. The van der Waals surface area contributed by atoms with Gasteiger partial charge in [0.15, 0.2) is 0 Å². The number of benzene rings is 1. The van der Waals surface area contributed by atoms with Crippen LogP contribution in [0.15, 0.2) is 24.3 Å². The summed E-state index contributed by atoms with van der Waals surface area (Å²) in [4.78, 5) is 29.4. The van der Waals surface area contributed by atoms with Gasteiger partial charge in [-0.15, -0.1) is 0 Å². The Morgan fingerprint density at radius 3 is 2.50 bits per heavy atom. The zero-order valence-electron chi connectivity index (χ0n) is 16.9. The Bertz CT molecular complexity index is 667. The Morgan fingerprint density at radius 2 is 1.86 bits per heavy atom. The molecule has 1 aliphatic heterocycles. The Kier molecular flexibility index (Phi) is 7.28. The molecule has 1 aromatic rings. The number of anilines is 1. The lowest BCUT2D eigenvalue weighted by Gasteiger charge is -2.40. The van der Waals surface area contributed by atoms with Crippen LogP contribution in [-0.4, -0.2) is 74.7 Å². The Balaban J connectivity index is 1.67. The van der Waals surface area contributed by atoms with E-state index in [0.717, 1.165) is 24.3 Å². The molecule has 1 saturated heterocycles. The summed E-state index contributed by atoms with van der Waals surface area (Å²) in [6.45, 7) is 2.81. The maximum atomic E-state index is 13.2. The van der Waals surface area contributed by atoms with Gasteiger partial charge >= 0.3 is 0 Å². The van der Waals surface area contributed by atoms with Crippen molar-refractivity contribution in [3.63, 3.8) is 0 Å². The van der Waals surface area contributed by atoms with Crippen LogP contribution in [-0.2, 0) is 14.3 Å². The summed E-state index contributed by atoms with van der Waals surface area (Å²) in [6, 6.07) is 7.30. The predicted molar refractivity (Wildman–Crippen MR) is 107 cm³/mol. The van der Waals surface area contributed by atoms with Crippen molar-refractivity contribution in [2.45, 2.75) is 31.7 Å². The van der Waals surface area contributed by atoms with E-state index in [1.54, 1.807) is 7.11 Å². The molecule has 0 spiro atoms. The first-order chi connectivity index (χ1) is 13.6. The van der Waals surface area contributed by atoms with Crippen LogP contribution in [0.4, 0.5) is 5.69 Å². The third-order valence-corrected chi connectivity index (χ3v) is 5.78. The number of hydrogen-bond acceptors (Lipinski definition) is 5. The highest BCUT2D eigenvalue weighted by molar-refractivity contribution is 5.95. The van der Waals surface area contributed by atoms with Crippen LogP contribution >= 0.6 is 0 Å². The number of carbonyl (C=O) groups is 2. The summed E-state index contributed by atoms with van der Waals surface area (Å²) < 4.78 is 10.2. The van der Waals surface area contributed by atoms with Gasteiger partial charge in [0, 0.05) is 45.0 Å². The average molecular weight is 389 g/mol. The van der Waals surface area contributed by atoms with Gasteiger partial charge in [0.2, 0.25) is 11.8 Å². The third-order valence-electron chi connectivity index (χ3n) is 5.78. The van der Waals surface area contributed by atoms with Gasteiger partial charge in [-0.25, -0.2) is 0 Å². The molecular weight excluding hydrogens is 358 g/mol. The number of carbonyl (C=O) groups excluding carboxylic acids is 2. The van der Waals surface area contributed by atoms with E-state index < -0.39 is 0 Å². The van der Waals surface area contributed by atoms with Crippen molar-refractivity contribution < 1.29 is 19.1 Å². The molecular formula is C21H31N3O4. The average Bonchev–Trinajstić information content (AvgIpc) is 3.23. The SMILES string of the molecule is COCC(=O)N1CCN([C@@H](C(=O)Nc2cccc(OC)c2)C2CCCC2)CC1. The molecule has 0 bridgehead atoms. The number of piperazine rings is 1. The zero-order chi connectivity index (χ0) is 19.9. The molecule has 1 aliphatic carbocycles. The number of hydrogen-bond donors (Lipinski definition) is 1. The van der Waals surface area contributed by atoms with E-state index in [4.69, 9.17) is 9.47 Å². The van der Waals surface area contributed by atoms with Crippen LogP contribution in [0.1, 0.15) is 25.7 Å². The van der Waals surface area contributed by atoms with Crippen molar-refractivity contribution in [1.82, 2.24) is 9.80 Å². The molecule has 2 amide bonds. The second-order valence-electron chi connectivity index (χ2n) is 7.56. The maximum absolute atomic E-state index is 13.2.